The number of rotatable bonds is 7. The van der Waals surface area contributed by atoms with E-state index in [1.807, 2.05) is 47.8 Å². The van der Waals surface area contributed by atoms with Gasteiger partial charge in [-0.1, -0.05) is 61.5 Å². The van der Waals surface area contributed by atoms with Gasteiger partial charge < -0.3 is 9.88 Å². The van der Waals surface area contributed by atoms with Crippen molar-refractivity contribution in [3.63, 3.8) is 0 Å². The van der Waals surface area contributed by atoms with Gasteiger partial charge in [0.15, 0.2) is 11.5 Å². The molecule has 0 spiro atoms. The minimum Gasteiger partial charge on any atom is -0.354 e. The Morgan fingerprint density at radius 2 is 1.57 bits per heavy atom. The lowest BCUT2D eigenvalue weighted by molar-refractivity contribution is 0.667. The van der Waals surface area contributed by atoms with Crippen molar-refractivity contribution in [2.24, 2.45) is 0 Å². The third-order valence-electron chi connectivity index (χ3n) is 6.56. The van der Waals surface area contributed by atoms with Gasteiger partial charge >= 0.3 is 0 Å². The molecule has 0 bridgehead atoms. The van der Waals surface area contributed by atoms with Crippen LogP contribution in [0, 0.1) is 6.92 Å². The highest BCUT2D eigenvalue weighted by Crippen LogP contribution is 2.23. The zero-order valence-corrected chi connectivity index (χ0v) is 19.9. The SMILES string of the molecule is Cc1nc2ccccc2n1CCc1nc2c3ccccc3nc(NC[C@@H](C)c3ccccc3)n2n1. The van der Waals surface area contributed by atoms with Crippen molar-refractivity contribution < 1.29 is 0 Å². The highest BCUT2D eigenvalue weighted by atomic mass is 15.4. The smallest absolute Gasteiger partial charge is 0.226 e. The molecule has 0 amide bonds. The Hall–Kier alpha value is -4.26. The van der Waals surface area contributed by atoms with Crippen LogP contribution in [0.2, 0.25) is 0 Å². The second kappa shape index (κ2) is 8.83. The number of nitrogens with zero attached hydrogens (tertiary/aromatic N) is 6. The molecule has 6 aromatic rings. The molecule has 3 aromatic carbocycles. The summed E-state index contributed by atoms with van der Waals surface area (Å²) >= 11 is 0. The number of aromatic nitrogens is 6. The van der Waals surface area contributed by atoms with Gasteiger partial charge in [-0.3, -0.25) is 0 Å². The molecular weight excluding hydrogens is 434 g/mol. The normalized spacial score (nSPS) is 12.5. The molecule has 1 N–H and O–H groups in total. The summed E-state index contributed by atoms with van der Waals surface area (Å²) < 4.78 is 4.09. The number of fused-ring (bicyclic) bond motifs is 4. The Morgan fingerprint density at radius 1 is 0.829 bits per heavy atom. The van der Waals surface area contributed by atoms with Gasteiger partial charge in [-0.15, -0.1) is 5.10 Å². The Labute approximate surface area is 203 Å². The topological polar surface area (TPSA) is 72.9 Å². The van der Waals surface area contributed by atoms with E-state index in [4.69, 9.17) is 15.1 Å². The Kier molecular flexibility index (Phi) is 5.37. The molecule has 0 aliphatic carbocycles. The summed E-state index contributed by atoms with van der Waals surface area (Å²) in [5.74, 6) is 2.84. The van der Waals surface area contributed by atoms with E-state index in [0.29, 0.717) is 18.3 Å². The van der Waals surface area contributed by atoms with Crippen LogP contribution in [0.5, 0.6) is 0 Å². The van der Waals surface area contributed by atoms with Gasteiger partial charge in [0.05, 0.1) is 16.6 Å². The van der Waals surface area contributed by atoms with Crippen LogP contribution in [-0.4, -0.2) is 35.7 Å². The average molecular weight is 462 g/mol. The lowest BCUT2D eigenvalue weighted by Gasteiger charge is -2.14. The fraction of sp³-hybridized carbons (Fsp3) is 0.214. The number of nitrogens with one attached hydrogen (secondary N) is 1. The molecule has 174 valence electrons. The summed E-state index contributed by atoms with van der Waals surface area (Å²) in [7, 11) is 0. The lowest BCUT2D eigenvalue weighted by atomic mass is 10.0. The Bertz CT molecular complexity index is 1630. The van der Waals surface area contributed by atoms with E-state index < -0.39 is 0 Å². The maximum Gasteiger partial charge on any atom is 0.226 e. The molecule has 1 atom stereocenters. The molecule has 6 rings (SSSR count). The van der Waals surface area contributed by atoms with E-state index in [9.17, 15) is 0 Å². The molecule has 0 saturated carbocycles. The predicted octanol–water partition coefficient (Wildman–Crippen LogP) is 5.39. The molecular formula is C28H27N7. The number of benzene rings is 3. The second-order valence-corrected chi connectivity index (χ2v) is 8.96. The van der Waals surface area contributed by atoms with Crippen molar-refractivity contribution in [3.8, 4) is 0 Å². The Morgan fingerprint density at radius 3 is 2.43 bits per heavy atom. The van der Waals surface area contributed by atoms with E-state index in [0.717, 1.165) is 52.3 Å². The number of imidazole rings is 1. The van der Waals surface area contributed by atoms with Crippen LogP contribution in [0.4, 0.5) is 5.95 Å². The van der Waals surface area contributed by atoms with Gasteiger partial charge in [-0.2, -0.15) is 4.52 Å². The largest absolute Gasteiger partial charge is 0.354 e. The second-order valence-electron chi connectivity index (χ2n) is 8.96. The average Bonchev–Trinajstić information content (AvgIpc) is 3.47. The summed E-state index contributed by atoms with van der Waals surface area (Å²) in [4.78, 5) is 14.5. The van der Waals surface area contributed by atoms with E-state index in [2.05, 4.69) is 64.3 Å². The third kappa shape index (κ3) is 3.99. The monoisotopic (exact) mass is 461 g/mol. The first-order valence-corrected chi connectivity index (χ1v) is 12.0. The highest BCUT2D eigenvalue weighted by molar-refractivity contribution is 5.92. The molecule has 0 unspecified atom stereocenters. The van der Waals surface area contributed by atoms with Crippen LogP contribution in [0.1, 0.15) is 30.1 Å². The summed E-state index contributed by atoms with van der Waals surface area (Å²) in [6.07, 6.45) is 0.705. The summed E-state index contributed by atoms with van der Waals surface area (Å²) in [5.41, 5.74) is 5.18. The minimum absolute atomic E-state index is 0.333. The maximum atomic E-state index is 4.93. The van der Waals surface area contributed by atoms with Crippen LogP contribution in [-0.2, 0) is 13.0 Å². The fourth-order valence-electron chi connectivity index (χ4n) is 4.65. The molecule has 35 heavy (non-hydrogen) atoms. The van der Waals surface area contributed by atoms with Crippen molar-refractivity contribution in [2.45, 2.75) is 32.7 Å². The maximum absolute atomic E-state index is 4.93. The van der Waals surface area contributed by atoms with Crippen molar-refractivity contribution in [2.75, 3.05) is 11.9 Å². The van der Waals surface area contributed by atoms with Gasteiger partial charge in [0, 0.05) is 24.9 Å². The molecule has 0 saturated heterocycles. The molecule has 0 fully saturated rings. The summed E-state index contributed by atoms with van der Waals surface area (Å²) in [6.45, 7) is 5.78. The van der Waals surface area contributed by atoms with Gasteiger partial charge in [0.25, 0.3) is 0 Å². The number of anilines is 1. The first-order valence-electron chi connectivity index (χ1n) is 12.0. The van der Waals surface area contributed by atoms with Crippen LogP contribution >= 0.6 is 0 Å². The molecule has 3 aromatic heterocycles. The van der Waals surface area contributed by atoms with Crippen molar-refractivity contribution >= 4 is 33.5 Å². The van der Waals surface area contributed by atoms with Gasteiger partial charge in [0.1, 0.15) is 5.82 Å². The number of para-hydroxylation sites is 3. The van der Waals surface area contributed by atoms with Gasteiger partial charge in [0.2, 0.25) is 5.95 Å². The van der Waals surface area contributed by atoms with Gasteiger partial charge in [-0.25, -0.2) is 15.0 Å². The van der Waals surface area contributed by atoms with Crippen molar-refractivity contribution in [1.82, 2.24) is 29.1 Å². The molecule has 0 aliphatic heterocycles. The van der Waals surface area contributed by atoms with E-state index in [1.165, 1.54) is 5.56 Å². The minimum atomic E-state index is 0.333. The van der Waals surface area contributed by atoms with Crippen LogP contribution in [0.3, 0.4) is 0 Å². The van der Waals surface area contributed by atoms with Crippen LogP contribution < -0.4 is 5.32 Å². The third-order valence-corrected chi connectivity index (χ3v) is 6.56. The number of hydrogen-bond acceptors (Lipinski definition) is 5. The van der Waals surface area contributed by atoms with E-state index in [-0.39, 0.29) is 0 Å². The number of hydrogen-bond donors (Lipinski definition) is 1. The molecule has 7 heteroatoms. The fourth-order valence-corrected chi connectivity index (χ4v) is 4.65. The molecule has 3 heterocycles. The summed E-state index contributed by atoms with van der Waals surface area (Å²) in [6, 6.07) is 26.9. The summed E-state index contributed by atoms with van der Waals surface area (Å²) in [5, 5.41) is 9.40. The van der Waals surface area contributed by atoms with Crippen molar-refractivity contribution in [3.05, 3.63) is 96.1 Å². The standard InChI is InChI=1S/C28H27N7/c1-19(21-10-4-3-5-11-21)18-29-28-31-23-13-7-6-12-22(23)27-32-26(33-35(27)28)16-17-34-20(2)30-24-14-8-9-15-25(24)34/h3-15,19H,16-18H2,1-2H3,(H,29,31)/t19-/m1/s1. The van der Waals surface area contributed by atoms with Crippen LogP contribution in [0.25, 0.3) is 27.6 Å². The molecule has 0 aliphatic rings. The lowest BCUT2D eigenvalue weighted by Crippen LogP contribution is -2.14. The first-order chi connectivity index (χ1) is 17.2. The zero-order chi connectivity index (χ0) is 23.8. The van der Waals surface area contributed by atoms with Crippen LogP contribution in [0.15, 0.2) is 78.9 Å². The molecule has 7 nitrogen and oxygen atoms in total. The van der Waals surface area contributed by atoms with Gasteiger partial charge in [-0.05, 0) is 42.7 Å². The Balaban J connectivity index is 1.32. The van der Waals surface area contributed by atoms with E-state index >= 15 is 0 Å². The first kappa shape index (κ1) is 21.3. The predicted molar refractivity (Wildman–Crippen MR) is 140 cm³/mol. The van der Waals surface area contributed by atoms with Crippen molar-refractivity contribution in [1.29, 1.82) is 0 Å². The zero-order valence-electron chi connectivity index (χ0n) is 19.9. The quantitative estimate of drug-likeness (QED) is 0.345. The number of aryl methyl sites for hydroxylation is 3. The highest BCUT2D eigenvalue weighted by Gasteiger charge is 2.15. The van der Waals surface area contributed by atoms with E-state index in [1.54, 1.807) is 0 Å². The molecule has 0 radical (unpaired) electrons.